The Morgan fingerprint density at radius 3 is 2.67 bits per heavy atom. The average molecular weight is 239 g/mol. The van der Waals surface area contributed by atoms with Gasteiger partial charge in [0, 0.05) is 6.20 Å². The highest BCUT2D eigenvalue weighted by Crippen LogP contribution is 2.22. The van der Waals surface area contributed by atoms with Crippen LogP contribution in [0.1, 0.15) is 12.1 Å². The summed E-state index contributed by atoms with van der Waals surface area (Å²) in [6.07, 6.45) is -1.66. The number of aromatic nitrogens is 1. The molecule has 0 aliphatic rings. The van der Waals surface area contributed by atoms with E-state index in [0.717, 1.165) is 6.20 Å². The maximum absolute atomic E-state index is 12.1. The van der Waals surface area contributed by atoms with Crippen molar-refractivity contribution in [2.24, 2.45) is 0 Å². The Kier molecular flexibility index (Phi) is 2.46. The van der Waals surface area contributed by atoms with Gasteiger partial charge in [0.2, 0.25) is 5.43 Å². The van der Waals surface area contributed by atoms with Gasteiger partial charge in [-0.25, -0.2) is 8.78 Å². The zero-order valence-corrected chi connectivity index (χ0v) is 7.36. The molecule has 1 heterocycles. The Morgan fingerprint density at radius 1 is 1.58 bits per heavy atom. The molecule has 0 saturated carbocycles. The summed E-state index contributed by atoms with van der Waals surface area (Å²) in [7, 11) is 0. The fraction of sp³-hybridized carbons (Fsp3) is 0.167. The van der Waals surface area contributed by atoms with E-state index in [1.807, 2.05) is 0 Å². The third-order valence-electron chi connectivity index (χ3n) is 1.30. The average Bonchev–Trinajstić information content (AvgIpc) is 2.00. The van der Waals surface area contributed by atoms with Gasteiger partial charge in [0.05, 0.1) is 10.2 Å². The first-order chi connectivity index (χ1) is 5.54. The van der Waals surface area contributed by atoms with E-state index in [4.69, 9.17) is 5.73 Å². The second-order valence-corrected chi connectivity index (χ2v) is 2.89. The van der Waals surface area contributed by atoms with Gasteiger partial charge >= 0.3 is 0 Å². The maximum atomic E-state index is 12.1. The maximum Gasteiger partial charge on any atom is 0.279 e. The third kappa shape index (κ3) is 1.47. The Balaban J connectivity index is 3.37. The van der Waals surface area contributed by atoms with Crippen LogP contribution in [0.4, 0.5) is 14.5 Å². The number of H-pyrrole nitrogens is 1. The van der Waals surface area contributed by atoms with Gasteiger partial charge in [-0.2, -0.15) is 0 Å². The lowest BCUT2D eigenvalue weighted by atomic mass is 10.3. The summed E-state index contributed by atoms with van der Waals surface area (Å²) in [4.78, 5) is 13.2. The fourth-order valence-electron chi connectivity index (χ4n) is 0.692. The van der Waals surface area contributed by atoms with Crippen LogP contribution in [0.5, 0.6) is 0 Å². The molecule has 3 nitrogen and oxygen atoms in total. The van der Waals surface area contributed by atoms with Crippen LogP contribution < -0.4 is 11.2 Å². The highest BCUT2D eigenvalue weighted by Gasteiger charge is 2.15. The summed E-state index contributed by atoms with van der Waals surface area (Å²) in [5.74, 6) is 0. The zero-order valence-electron chi connectivity index (χ0n) is 5.77. The highest BCUT2D eigenvalue weighted by molar-refractivity contribution is 9.10. The minimum Gasteiger partial charge on any atom is -0.394 e. The third-order valence-corrected chi connectivity index (χ3v) is 2.09. The molecule has 0 saturated heterocycles. The van der Waals surface area contributed by atoms with E-state index in [1.54, 1.807) is 0 Å². The standard InChI is InChI=1S/C6H5BrF2N2O/c7-3-4(6(8)9)11-1-2(10)5(3)12/h1,6H,10H2,(H,11,12). The van der Waals surface area contributed by atoms with Crippen LogP contribution in [0.3, 0.4) is 0 Å². The molecule has 0 aliphatic heterocycles. The monoisotopic (exact) mass is 238 g/mol. The number of hydrogen-bond acceptors (Lipinski definition) is 2. The van der Waals surface area contributed by atoms with Crippen LogP contribution in [-0.4, -0.2) is 4.98 Å². The lowest BCUT2D eigenvalue weighted by Gasteiger charge is -2.02. The van der Waals surface area contributed by atoms with Gasteiger partial charge in [0.1, 0.15) is 5.69 Å². The summed E-state index contributed by atoms with van der Waals surface area (Å²) < 4.78 is 24.0. The minimum atomic E-state index is -2.72. The van der Waals surface area contributed by atoms with Crippen LogP contribution in [0, 0.1) is 0 Å². The molecule has 3 N–H and O–H groups in total. The molecular weight excluding hydrogens is 234 g/mol. The minimum absolute atomic E-state index is 0.0914. The Labute approximate surface area is 74.7 Å². The second kappa shape index (κ2) is 3.22. The van der Waals surface area contributed by atoms with Crippen LogP contribution in [0.15, 0.2) is 15.5 Å². The summed E-state index contributed by atoms with van der Waals surface area (Å²) in [5.41, 5.74) is 4.01. The molecule has 66 valence electrons. The molecule has 0 amide bonds. The summed E-state index contributed by atoms with van der Waals surface area (Å²) in [6, 6.07) is 0. The lowest BCUT2D eigenvalue weighted by molar-refractivity contribution is 0.145. The molecule has 0 aromatic carbocycles. The van der Waals surface area contributed by atoms with Crippen LogP contribution in [0.25, 0.3) is 0 Å². The normalized spacial score (nSPS) is 10.7. The number of anilines is 1. The Hall–Kier alpha value is -0.910. The Morgan fingerprint density at radius 2 is 2.17 bits per heavy atom. The van der Waals surface area contributed by atoms with Gasteiger partial charge in [-0.3, -0.25) is 4.79 Å². The first-order valence-corrected chi connectivity index (χ1v) is 3.78. The van der Waals surface area contributed by atoms with Crippen LogP contribution >= 0.6 is 15.9 Å². The number of alkyl halides is 2. The number of pyridine rings is 1. The van der Waals surface area contributed by atoms with Crippen molar-refractivity contribution in [1.29, 1.82) is 0 Å². The molecule has 1 rings (SSSR count). The van der Waals surface area contributed by atoms with Crippen molar-refractivity contribution in [2.45, 2.75) is 6.43 Å². The van der Waals surface area contributed by atoms with E-state index >= 15 is 0 Å². The van der Waals surface area contributed by atoms with Crippen molar-refractivity contribution in [3.63, 3.8) is 0 Å². The number of nitrogen functional groups attached to an aromatic ring is 1. The molecule has 1 aromatic heterocycles. The first-order valence-electron chi connectivity index (χ1n) is 2.98. The summed E-state index contributed by atoms with van der Waals surface area (Å²) in [6.45, 7) is 0. The molecule has 0 fully saturated rings. The van der Waals surface area contributed by atoms with Crippen molar-refractivity contribution < 1.29 is 8.78 Å². The summed E-state index contributed by atoms with van der Waals surface area (Å²) >= 11 is 2.73. The number of hydrogen-bond donors (Lipinski definition) is 2. The molecule has 12 heavy (non-hydrogen) atoms. The van der Waals surface area contributed by atoms with Gasteiger partial charge in [-0.15, -0.1) is 0 Å². The van der Waals surface area contributed by atoms with Gasteiger partial charge < -0.3 is 10.7 Å². The number of halogens is 3. The molecule has 0 unspecified atom stereocenters. The van der Waals surface area contributed by atoms with Crippen molar-refractivity contribution in [3.8, 4) is 0 Å². The highest BCUT2D eigenvalue weighted by atomic mass is 79.9. The molecule has 1 aromatic rings. The van der Waals surface area contributed by atoms with E-state index in [1.165, 1.54) is 0 Å². The fourth-order valence-corrected chi connectivity index (χ4v) is 1.21. The van der Waals surface area contributed by atoms with E-state index in [-0.39, 0.29) is 10.2 Å². The second-order valence-electron chi connectivity index (χ2n) is 2.10. The number of nitrogens with two attached hydrogens (primary N) is 1. The molecular formula is C6H5BrF2N2O. The van der Waals surface area contributed by atoms with E-state index in [0.29, 0.717) is 0 Å². The Bertz CT molecular complexity index is 350. The molecule has 0 bridgehead atoms. The smallest absolute Gasteiger partial charge is 0.279 e. The van der Waals surface area contributed by atoms with Gasteiger partial charge in [0.25, 0.3) is 6.43 Å². The van der Waals surface area contributed by atoms with Gasteiger partial charge in [-0.05, 0) is 15.9 Å². The molecule has 0 radical (unpaired) electrons. The van der Waals surface area contributed by atoms with Crippen molar-refractivity contribution >= 4 is 21.6 Å². The van der Waals surface area contributed by atoms with Crippen molar-refractivity contribution in [3.05, 3.63) is 26.6 Å². The largest absolute Gasteiger partial charge is 0.394 e. The lowest BCUT2D eigenvalue weighted by Crippen LogP contribution is -2.12. The van der Waals surface area contributed by atoms with Gasteiger partial charge in [-0.1, -0.05) is 0 Å². The molecule has 0 atom stereocenters. The first kappa shape index (κ1) is 9.18. The van der Waals surface area contributed by atoms with Crippen molar-refractivity contribution in [2.75, 3.05) is 5.73 Å². The predicted octanol–water partition coefficient (Wildman–Crippen LogP) is 1.66. The van der Waals surface area contributed by atoms with E-state index in [2.05, 4.69) is 20.9 Å². The number of rotatable bonds is 1. The van der Waals surface area contributed by atoms with Gasteiger partial charge in [0.15, 0.2) is 0 Å². The topological polar surface area (TPSA) is 58.9 Å². The quantitative estimate of drug-likeness (QED) is 0.782. The number of aromatic amines is 1. The van der Waals surface area contributed by atoms with E-state index in [9.17, 15) is 13.6 Å². The molecule has 0 spiro atoms. The molecule has 6 heteroatoms. The van der Waals surface area contributed by atoms with E-state index < -0.39 is 17.5 Å². The predicted molar refractivity (Wildman–Crippen MR) is 44.1 cm³/mol. The van der Waals surface area contributed by atoms with Crippen LogP contribution in [0.2, 0.25) is 0 Å². The number of nitrogens with one attached hydrogen (secondary N) is 1. The SMILES string of the molecule is Nc1c[nH]c(C(F)F)c(Br)c1=O. The zero-order chi connectivity index (χ0) is 9.30. The molecule has 0 aliphatic carbocycles. The van der Waals surface area contributed by atoms with Crippen molar-refractivity contribution in [1.82, 2.24) is 4.98 Å². The summed E-state index contributed by atoms with van der Waals surface area (Å²) in [5, 5.41) is 0. The van der Waals surface area contributed by atoms with Crippen LogP contribution in [-0.2, 0) is 0 Å².